The Morgan fingerprint density at radius 2 is 0.921 bits per heavy atom. The third kappa shape index (κ3) is 6.75. The first-order chi connectivity index (χ1) is 37.5. The number of fused-ring (bicyclic) bond motifs is 10. The van der Waals surface area contributed by atoms with Gasteiger partial charge in [0.15, 0.2) is 0 Å². The van der Waals surface area contributed by atoms with Gasteiger partial charge in [-0.2, -0.15) is 0 Å². The molecule has 0 amide bonds. The largest absolute Gasteiger partial charge is 0.310 e. The zero-order valence-electron chi connectivity index (χ0n) is 42.3. The van der Waals surface area contributed by atoms with Gasteiger partial charge in [-0.05, 0) is 133 Å². The highest BCUT2D eigenvalue weighted by Gasteiger charge is 2.36. The van der Waals surface area contributed by atoms with Gasteiger partial charge in [-0.1, -0.05) is 214 Å². The molecule has 0 spiro atoms. The molecule has 0 bridgehead atoms. The van der Waals surface area contributed by atoms with Gasteiger partial charge in [-0.3, -0.25) is 0 Å². The van der Waals surface area contributed by atoms with Crippen molar-refractivity contribution >= 4 is 71.3 Å². The van der Waals surface area contributed by atoms with E-state index in [9.17, 15) is 0 Å². The maximum Gasteiger partial charge on any atom is 0.0620 e. The van der Waals surface area contributed by atoms with E-state index in [4.69, 9.17) is 0 Å². The Labute approximate surface area is 442 Å². The highest BCUT2D eigenvalue weighted by molar-refractivity contribution is 6.18. The molecule has 0 aliphatic heterocycles. The van der Waals surface area contributed by atoms with Crippen molar-refractivity contribution in [1.82, 2.24) is 9.13 Å². The maximum absolute atomic E-state index is 2.52. The summed E-state index contributed by atoms with van der Waals surface area (Å²) in [5.74, 6) is 0. The second-order valence-corrected chi connectivity index (χ2v) is 20.9. The SMILES string of the molecule is CC1(C)c2ccccc2-c2ccc(N(c3ccc(-c4cccc5c4ccc4c(-c6ccccc6)c(-c6ccccc6)n(-c6ccc7ccccc7c6)c45)cc3)c3ccc4c(c3)c3ccccc3n4-c3ccccc3)cc21. The first kappa shape index (κ1) is 43.8. The van der Waals surface area contributed by atoms with E-state index in [-0.39, 0.29) is 5.41 Å². The van der Waals surface area contributed by atoms with Gasteiger partial charge in [0.25, 0.3) is 0 Å². The zero-order valence-corrected chi connectivity index (χ0v) is 42.3. The van der Waals surface area contributed by atoms with Gasteiger partial charge in [0.1, 0.15) is 0 Å². The molecule has 2 heterocycles. The fourth-order valence-electron chi connectivity index (χ4n) is 12.8. The molecular weight excluding hydrogens is 919 g/mol. The minimum absolute atomic E-state index is 0.151. The fourth-order valence-corrected chi connectivity index (χ4v) is 12.8. The van der Waals surface area contributed by atoms with Crippen molar-refractivity contribution in [3.8, 4) is 56.0 Å². The van der Waals surface area contributed by atoms with E-state index in [1.54, 1.807) is 0 Å². The Morgan fingerprint density at radius 3 is 1.74 bits per heavy atom. The standard InChI is InChI=1S/C73H51N3/c1-73(2)66-31-16-14-27-60(66)61-41-39-57(47-67(61)73)74(56-40-44-69-65(46-56)62-28-15-17-32-68(62)75(69)53-25-10-5-11-26-53)54-36-34-49(35-37-54)58-29-18-30-63-59(58)42-43-64-70(50-20-6-3-7-21-50)71(51-22-8-4-9-23-51)76(72(63)64)55-38-33-48-19-12-13-24-52(48)45-55/h3-47H,1-2H3. The number of hydrogen-bond donors (Lipinski definition) is 0. The summed E-state index contributed by atoms with van der Waals surface area (Å²) in [7, 11) is 0. The lowest BCUT2D eigenvalue weighted by atomic mass is 9.82. The smallest absolute Gasteiger partial charge is 0.0620 e. The molecule has 14 aromatic rings. The quantitative estimate of drug-likeness (QED) is 0.148. The summed E-state index contributed by atoms with van der Waals surface area (Å²) in [5, 5.41) is 8.52. The van der Waals surface area contributed by atoms with Crippen molar-refractivity contribution in [3.63, 3.8) is 0 Å². The summed E-state index contributed by atoms with van der Waals surface area (Å²) < 4.78 is 4.92. The molecule has 0 unspecified atom stereocenters. The lowest BCUT2D eigenvalue weighted by Crippen LogP contribution is -2.16. The molecule has 0 fully saturated rings. The molecular formula is C73H51N3. The Balaban J connectivity index is 0.921. The summed E-state index contributed by atoms with van der Waals surface area (Å²) in [6.45, 7) is 4.74. The van der Waals surface area contributed by atoms with Crippen LogP contribution < -0.4 is 4.90 Å². The molecule has 76 heavy (non-hydrogen) atoms. The van der Waals surface area contributed by atoms with E-state index in [1.165, 1.54) is 104 Å². The van der Waals surface area contributed by atoms with Crippen molar-refractivity contribution in [2.24, 2.45) is 0 Å². The first-order valence-corrected chi connectivity index (χ1v) is 26.4. The summed E-state index contributed by atoms with van der Waals surface area (Å²) in [6.07, 6.45) is 0. The Hall–Kier alpha value is -9.70. The van der Waals surface area contributed by atoms with Crippen LogP contribution in [0.2, 0.25) is 0 Å². The topological polar surface area (TPSA) is 13.1 Å². The molecule has 2 aromatic heterocycles. The fraction of sp³-hybridized carbons (Fsp3) is 0.0411. The molecule has 3 nitrogen and oxygen atoms in total. The predicted molar refractivity (Wildman–Crippen MR) is 321 cm³/mol. The summed E-state index contributed by atoms with van der Waals surface area (Å²) in [6, 6.07) is 101. The van der Waals surface area contributed by atoms with E-state index in [0.717, 1.165) is 34.0 Å². The van der Waals surface area contributed by atoms with Crippen LogP contribution in [0.1, 0.15) is 25.0 Å². The van der Waals surface area contributed by atoms with Crippen molar-refractivity contribution in [2.45, 2.75) is 19.3 Å². The minimum Gasteiger partial charge on any atom is -0.310 e. The number of para-hydroxylation sites is 2. The van der Waals surface area contributed by atoms with Crippen LogP contribution in [0.15, 0.2) is 273 Å². The highest BCUT2D eigenvalue weighted by Crippen LogP contribution is 2.52. The number of rotatable bonds is 8. The molecule has 358 valence electrons. The minimum atomic E-state index is -0.151. The normalized spacial score (nSPS) is 12.7. The molecule has 0 radical (unpaired) electrons. The molecule has 0 saturated carbocycles. The van der Waals surface area contributed by atoms with Crippen LogP contribution in [0, 0.1) is 0 Å². The lowest BCUT2D eigenvalue weighted by Gasteiger charge is -2.28. The van der Waals surface area contributed by atoms with Crippen LogP contribution >= 0.6 is 0 Å². The van der Waals surface area contributed by atoms with Crippen LogP contribution in [-0.2, 0) is 5.41 Å². The van der Waals surface area contributed by atoms with Gasteiger partial charge >= 0.3 is 0 Å². The highest BCUT2D eigenvalue weighted by atomic mass is 15.1. The number of nitrogens with zero attached hydrogens (tertiary/aromatic N) is 3. The van der Waals surface area contributed by atoms with Gasteiger partial charge in [-0.25, -0.2) is 0 Å². The van der Waals surface area contributed by atoms with E-state index in [1.807, 2.05) is 0 Å². The summed E-state index contributed by atoms with van der Waals surface area (Å²) in [5.41, 5.74) is 21.5. The zero-order chi connectivity index (χ0) is 50.5. The molecule has 15 rings (SSSR count). The monoisotopic (exact) mass is 969 g/mol. The second kappa shape index (κ2) is 17.2. The molecule has 1 aliphatic carbocycles. The van der Waals surface area contributed by atoms with E-state index in [0.29, 0.717) is 0 Å². The number of hydrogen-bond acceptors (Lipinski definition) is 1. The van der Waals surface area contributed by atoms with Gasteiger partial charge in [0, 0.05) is 61.0 Å². The van der Waals surface area contributed by atoms with E-state index in [2.05, 4.69) is 301 Å². The van der Waals surface area contributed by atoms with Crippen molar-refractivity contribution < 1.29 is 0 Å². The van der Waals surface area contributed by atoms with E-state index >= 15 is 0 Å². The van der Waals surface area contributed by atoms with Crippen molar-refractivity contribution in [2.75, 3.05) is 4.90 Å². The molecule has 12 aromatic carbocycles. The second-order valence-electron chi connectivity index (χ2n) is 20.9. The third-order valence-corrected chi connectivity index (χ3v) is 16.3. The van der Waals surface area contributed by atoms with Gasteiger partial charge < -0.3 is 14.0 Å². The summed E-state index contributed by atoms with van der Waals surface area (Å²) >= 11 is 0. The first-order valence-electron chi connectivity index (χ1n) is 26.4. The van der Waals surface area contributed by atoms with E-state index < -0.39 is 0 Å². The van der Waals surface area contributed by atoms with Crippen LogP contribution in [-0.4, -0.2) is 9.13 Å². The molecule has 1 aliphatic rings. The average molecular weight is 970 g/mol. The maximum atomic E-state index is 2.52. The van der Waals surface area contributed by atoms with Crippen LogP contribution in [0.5, 0.6) is 0 Å². The van der Waals surface area contributed by atoms with Gasteiger partial charge in [0.2, 0.25) is 0 Å². The summed E-state index contributed by atoms with van der Waals surface area (Å²) in [4.78, 5) is 2.45. The Kier molecular flexibility index (Phi) is 9.92. The Morgan fingerprint density at radius 1 is 0.316 bits per heavy atom. The van der Waals surface area contributed by atoms with Gasteiger partial charge in [-0.15, -0.1) is 0 Å². The molecule has 3 heteroatoms. The van der Waals surface area contributed by atoms with Crippen LogP contribution in [0.4, 0.5) is 17.1 Å². The Bertz CT molecular complexity index is 4580. The van der Waals surface area contributed by atoms with Crippen molar-refractivity contribution in [3.05, 3.63) is 284 Å². The van der Waals surface area contributed by atoms with Gasteiger partial charge in [0.05, 0.1) is 22.2 Å². The van der Waals surface area contributed by atoms with Crippen LogP contribution in [0.25, 0.3) is 110 Å². The average Bonchev–Trinajstić information content (AvgIpc) is 4.22. The number of benzene rings is 12. The molecule has 0 saturated heterocycles. The number of anilines is 3. The van der Waals surface area contributed by atoms with Crippen LogP contribution in [0.3, 0.4) is 0 Å². The molecule has 0 N–H and O–H groups in total. The molecule has 0 atom stereocenters. The third-order valence-electron chi connectivity index (χ3n) is 16.3. The predicted octanol–water partition coefficient (Wildman–Crippen LogP) is 19.8. The van der Waals surface area contributed by atoms with Crippen molar-refractivity contribution in [1.29, 1.82) is 0 Å². The lowest BCUT2D eigenvalue weighted by molar-refractivity contribution is 0.660. The number of aromatic nitrogens is 2.